The van der Waals surface area contributed by atoms with E-state index in [1.165, 1.54) is 6.92 Å². The Kier molecular flexibility index (Phi) is 9.45. The topological polar surface area (TPSA) is 59.1 Å². The fourth-order valence-electron chi connectivity index (χ4n) is 1.43. The van der Waals surface area contributed by atoms with Crippen LogP contribution in [0.4, 0.5) is 0 Å². The Morgan fingerprint density at radius 1 is 1.00 bits per heavy atom. The molecule has 0 aliphatic rings. The van der Waals surface area contributed by atoms with Crippen LogP contribution < -0.4 is 0 Å². The molecular formula is C12H24N2O4. The summed E-state index contributed by atoms with van der Waals surface area (Å²) in [5.74, 6) is -0.0323. The van der Waals surface area contributed by atoms with E-state index < -0.39 is 0 Å². The smallest absolute Gasteiger partial charge is 0.224 e. The Bertz CT molecular complexity index is 258. The Labute approximate surface area is 109 Å². The standard InChI is InChI=1S/C12H24N2O4/c1-11(15)5-6-12(16)14(10-18-4)8-7-13(2)9-17-3/h5-10H2,1-4H3. The summed E-state index contributed by atoms with van der Waals surface area (Å²) >= 11 is 0. The molecule has 0 heterocycles. The Hall–Kier alpha value is -0.980. The molecular weight excluding hydrogens is 236 g/mol. The first-order valence-corrected chi connectivity index (χ1v) is 5.94. The predicted molar refractivity (Wildman–Crippen MR) is 68.0 cm³/mol. The van der Waals surface area contributed by atoms with Crippen LogP contribution in [0, 0.1) is 0 Å². The first-order valence-electron chi connectivity index (χ1n) is 5.94. The largest absolute Gasteiger partial charge is 0.369 e. The number of rotatable bonds is 10. The van der Waals surface area contributed by atoms with Crippen molar-refractivity contribution in [3.63, 3.8) is 0 Å². The van der Waals surface area contributed by atoms with Gasteiger partial charge in [0.1, 0.15) is 12.5 Å². The van der Waals surface area contributed by atoms with Gasteiger partial charge in [0, 0.05) is 40.2 Å². The van der Waals surface area contributed by atoms with Crippen molar-refractivity contribution in [3.05, 3.63) is 0 Å². The normalized spacial score (nSPS) is 10.7. The Balaban J connectivity index is 4.11. The van der Waals surface area contributed by atoms with Gasteiger partial charge in [0.05, 0.1) is 6.73 Å². The third kappa shape index (κ3) is 8.16. The molecule has 18 heavy (non-hydrogen) atoms. The second kappa shape index (κ2) is 9.99. The second-order valence-corrected chi connectivity index (χ2v) is 4.27. The van der Waals surface area contributed by atoms with Crippen LogP contribution >= 0.6 is 0 Å². The average molecular weight is 260 g/mol. The van der Waals surface area contributed by atoms with E-state index in [2.05, 4.69) is 0 Å². The molecule has 0 saturated carbocycles. The molecule has 0 aromatic rings. The molecule has 0 unspecified atom stereocenters. The number of carbonyl (C=O) groups is 2. The molecule has 0 bridgehead atoms. The first kappa shape index (κ1) is 17.0. The number of likely N-dealkylation sites (N-methyl/N-ethyl adjacent to an activating group) is 1. The van der Waals surface area contributed by atoms with Gasteiger partial charge in [0.15, 0.2) is 0 Å². The number of Topliss-reactive ketones (excluding diaryl/α,β-unsaturated/α-hetero) is 1. The van der Waals surface area contributed by atoms with Crippen molar-refractivity contribution in [1.29, 1.82) is 0 Å². The Morgan fingerprint density at radius 3 is 2.11 bits per heavy atom. The summed E-state index contributed by atoms with van der Waals surface area (Å²) in [4.78, 5) is 26.3. The quantitative estimate of drug-likeness (QED) is 0.530. The van der Waals surface area contributed by atoms with Crippen LogP contribution in [-0.2, 0) is 19.1 Å². The van der Waals surface area contributed by atoms with Crippen LogP contribution in [0.3, 0.4) is 0 Å². The second-order valence-electron chi connectivity index (χ2n) is 4.27. The molecule has 0 aromatic carbocycles. The van der Waals surface area contributed by atoms with Crippen LogP contribution in [0.15, 0.2) is 0 Å². The van der Waals surface area contributed by atoms with Crippen molar-refractivity contribution >= 4 is 11.7 Å². The lowest BCUT2D eigenvalue weighted by Crippen LogP contribution is -2.39. The van der Waals surface area contributed by atoms with Crippen molar-refractivity contribution in [2.24, 2.45) is 0 Å². The van der Waals surface area contributed by atoms with Gasteiger partial charge in [-0.15, -0.1) is 0 Å². The molecule has 0 radical (unpaired) electrons. The van der Waals surface area contributed by atoms with Crippen LogP contribution in [0.2, 0.25) is 0 Å². The van der Waals surface area contributed by atoms with E-state index in [0.717, 1.165) is 0 Å². The molecule has 0 rings (SSSR count). The number of ketones is 1. The summed E-state index contributed by atoms with van der Waals surface area (Å²) < 4.78 is 9.98. The minimum Gasteiger partial charge on any atom is -0.369 e. The van der Waals surface area contributed by atoms with E-state index in [9.17, 15) is 9.59 Å². The monoisotopic (exact) mass is 260 g/mol. The van der Waals surface area contributed by atoms with Gasteiger partial charge in [-0.3, -0.25) is 9.69 Å². The van der Waals surface area contributed by atoms with Crippen LogP contribution in [0.25, 0.3) is 0 Å². The van der Waals surface area contributed by atoms with Crippen molar-refractivity contribution in [3.8, 4) is 0 Å². The number of hydrogen-bond acceptors (Lipinski definition) is 5. The third-order valence-corrected chi connectivity index (χ3v) is 2.43. The van der Waals surface area contributed by atoms with Crippen molar-refractivity contribution in [1.82, 2.24) is 9.80 Å². The molecule has 1 amide bonds. The SMILES string of the molecule is COCN(C)CCN(COC)C(=O)CCC(C)=O. The van der Waals surface area contributed by atoms with Gasteiger partial charge in [0.25, 0.3) is 0 Å². The Morgan fingerprint density at radius 2 is 1.61 bits per heavy atom. The molecule has 0 atom stereocenters. The number of amides is 1. The van der Waals surface area contributed by atoms with Gasteiger partial charge in [-0.25, -0.2) is 0 Å². The zero-order valence-corrected chi connectivity index (χ0v) is 11.8. The highest BCUT2D eigenvalue weighted by atomic mass is 16.5. The average Bonchev–Trinajstić information content (AvgIpc) is 2.31. The summed E-state index contributed by atoms with van der Waals surface area (Å²) in [7, 11) is 5.08. The van der Waals surface area contributed by atoms with Gasteiger partial charge >= 0.3 is 0 Å². The number of ether oxygens (including phenoxy) is 2. The molecule has 0 N–H and O–H groups in total. The predicted octanol–water partition coefficient (Wildman–Crippen LogP) is 0.324. The van der Waals surface area contributed by atoms with Gasteiger partial charge in [-0.2, -0.15) is 0 Å². The fraction of sp³-hybridized carbons (Fsp3) is 0.833. The summed E-state index contributed by atoms with van der Waals surface area (Å²) in [6.45, 7) is 3.51. The molecule has 0 aliphatic heterocycles. The number of nitrogens with zero attached hydrogens (tertiary/aromatic N) is 2. The van der Waals surface area contributed by atoms with E-state index >= 15 is 0 Å². The molecule has 0 aliphatic carbocycles. The van der Waals surface area contributed by atoms with Crippen molar-refractivity contribution in [2.75, 3.05) is 47.8 Å². The maximum atomic E-state index is 11.9. The lowest BCUT2D eigenvalue weighted by Gasteiger charge is -2.24. The molecule has 0 saturated heterocycles. The zero-order chi connectivity index (χ0) is 14.0. The summed E-state index contributed by atoms with van der Waals surface area (Å²) in [5.41, 5.74) is 0. The fourth-order valence-corrected chi connectivity index (χ4v) is 1.43. The van der Waals surface area contributed by atoms with Gasteiger partial charge in [-0.1, -0.05) is 0 Å². The van der Waals surface area contributed by atoms with Gasteiger partial charge in [-0.05, 0) is 14.0 Å². The maximum Gasteiger partial charge on any atom is 0.224 e. The summed E-state index contributed by atoms with van der Waals surface area (Å²) in [5, 5.41) is 0. The summed E-state index contributed by atoms with van der Waals surface area (Å²) in [6, 6.07) is 0. The van der Waals surface area contributed by atoms with E-state index in [1.54, 1.807) is 19.1 Å². The third-order valence-electron chi connectivity index (χ3n) is 2.43. The lowest BCUT2D eigenvalue weighted by atomic mass is 10.2. The molecule has 6 heteroatoms. The lowest BCUT2D eigenvalue weighted by molar-refractivity contribution is -0.137. The molecule has 6 nitrogen and oxygen atoms in total. The minimum atomic E-state index is -0.0575. The molecule has 106 valence electrons. The maximum absolute atomic E-state index is 11.9. The highest BCUT2D eigenvalue weighted by Crippen LogP contribution is 2.00. The zero-order valence-electron chi connectivity index (χ0n) is 11.8. The highest BCUT2D eigenvalue weighted by molar-refractivity contribution is 5.83. The van der Waals surface area contributed by atoms with Crippen molar-refractivity contribution < 1.29 is 19.1 Å². The van der Waals surface area contributed by atoms with Crippen LogP contribution in [-0.4, -0.2) is 69.3 Å². The van der Waals surface area contributed by atoms with E-state index in [4.69, 9.17) is 9.47 Å². The van der Waals surface area contributed by atoms with Gasteiger partial charge in [0.2, 0.25) is 5.91 Å². The number of methoxy groups -OCH3 is 2. The van der Waals surface area contributed by atoms with E-state index in [0.29, 0.717) is 19.8 Å². The molecule has 0 spiro atoms. The summed E-state index contributed by atoms with van der Waals surface area (Å²) in [6.07, 6.45) is 0.527. The van der Waals surface area contributed by atoms with E-state index in [1.807, 2.05) is 11.9 Å². The first-order chi connectivity index (χ1) is 8.51. The van der Waals surface area contributed by atoms with E-state index in [-0.39, 0.29) is 31.3 Å². The highest BCUT2D eigenvalue weighted by Gasteiger charge is 2.14. The number of carbonyl (C=O) groups excluding carboxylic acids is 2. The van der Waals surface area contributed by atoms with Gasteiger partial charge < -0.3 is 19.2 Å². The van der Waals surface area contributed by atoms with Crippen LogP contribution in [0.5, 0.6) is 0 Å². The molecule has 0 fully saturated rings. The molecule has 0 aromatic heterocycles. The van der Waals surface area contributed by atoms with Crippen molar-refractivity contribution in [2.45, 2.75) is 19.8 Å². The minimum absolute atomic E-state index is 0.0252. The van der Waals surface area contributed by atoms with Crippen LogP contribution in [0.1, 0.15) is 19.8 Å². The number of hydrogen-bond donors (Lipinski definition) is 0.